The van der Waals surface area contributed by atoms with Crippen molar-refractivity contribution >= 4 is 21.7 Å². The zero-order valence-corrected chi connectivity index (χ0v) is 16.3. The Morgan fingerprint density at radius 1 is 1.37 bits per heavy atom. The molecule has 0 unspecified atom stereocenters. The summed E-state index contributed by atoms with van der Waals surface area (Å²) in [5.41, 5.74) is 1.23. The van der Waals surface area contributed by atoms with Crippen LogP contribution in [0.3, 0.4) is 0 Å². The predicted molar refractivity (Wildman–Crippen MR) is 99.9 cm³/mol. The number of hydrogen-bond acceptors (Lipinski definition) is 6. The van der Waals surface area contributed by atoms with Crippen molar-refractivity contribution in [1.29, 1.82) is 0 Å². The fraction of sp³-hybridized carbons (Fsp3) is 0.588. The Hall–Kier alpha value is -2.04. The molecular weight excluding hydrogens is 374 g/mol. The van der Waals surface area contributed by atoms with Crippen molar-refractivity contribution in [3.05, 3.63) is 39.4 Å². The van der Waals surface area contributed by atoms with E-state index in [-0.39, 0.29) is 30.6 Å². The maximum absolute atomic E-state index is 12.0. The minimum Gasteiger partial charge on any atom is -0.480 e. The van der Waals surface area contributed by atoms with Crippen molar-refractivity contribution in [2.45, 2.75) is 39.3 Å². The summed E-state index contributed by atoms with van der Waals surface area (Å²) < 4.78 is 25.4. The fourth-order valence-electron chi connectivity index (χ4n) is 3.41. The van der Waals surface area contributed by atoms with Gasteiger partial charge < -0.3 is 5.11 Å². The summed E-state index contributed by atoms with van der Waals surface area (Å²) >= 11 is 0. The molecule has 150 valence electrons. The summed E-state index contributed by atoms with van der Waals surface area (Å²) in [5.74, 6) is -0.940. The maximum Gasteiger partial charge on any atom is 0.317 e. The Kier molecular flexibility index (Phi) is 6.90. The normalized spacial score (nSPS) is 16.6. The number of piperidine rings is 1. The van der Waals surface area contributed by atoms with Crippen molar-refractivity contribution in [2.75, 3.05) is 25.4 Å². The van der Waals surface area contributed by atoms with Crippen LogP contribution in [0.2, 0.25) is 0 Å². The average Bonchev–Trinajstić information content (AvgIpc) is 2.62. The van der Waals surface area contributed by atoms with Crippen molar-refractivity contribution in [2.24, 2.45) is 0 Å². The van der Waals surface area contributed by atoms with E-state index in [4.69, 9.17) is 0 Å². The van der Waals surface area contributed by atoms with Crippen LogP contribution < -0.4 is 0 Å². The van der Waals surface area contributed by atoms with Gasteiger partial charge in [0, 0.05) is 37.3 Å². The van der Waals surface area contributed by atoms with E-state index in [9.17, 15) is 28.4 Å². The Balaban J connectivity index is 2.17. The van der Waals surface area contributed by atoms with Crippen LogP contribution in [0.5, 0.6) is 0 Å². The van der Waals surface area contributed by atoms with E-state index in [0.29, 0.717) is 37.1 Å². The molecule has 1 aliphatic rings. The van der Waals surface area contributed by atoms with Gasteiger partial charge in [-0.2, -0.15) is 0 Å². The number of benzene rings is 1. The molecule has 1 heterocycles. The molecule has 0 saturated carbocycles. The number of carboxylic acid groups (broad SMARTS) is 1. The van der Waals surface area contributed by atoms with E-state index in [1.54, 1.807) is 30.9 Å². The van der Waals surface area contributed by atoms with Gasteiger partial charge in [-0.05, 0) is 32.3 Å². The Labute approximate surface area is 158 Å². The van der Waals surface area contributed by atoms with E-state index < -0.39 is 20.9 Å². The molecule has 1 aromatic rings. The van der Waals surface area contributed by atoms with E-state index in [1.807, 2.05) is 0 Å². The molecule has 0 radical (unpaired) electrons. The van der Waals surface area contributed by atoms with Gasteiger partial charge in [0.05, 0.1) is 17.2 Å². The molecule has 0 aromatic heterocycles. The van der Waals surface area contributed by atoms with Crippen LogP contribution in [0.15, 0.2) is 18.2 Å². The van der Waals surface area contributed by atoms with Crippen molar-refractivity contribution in [1.82, 2.24) is 9.21 Å². The lowest BCUT2D eigenvalue weighted by Crippen LogP contribution is -2.48. The first-order valence-electron chi connectivity index (χ1n) is 8.82. The highest BCUT2D eigenvalue weighted by Gasteiger charge is 2.31. The highest BCUT2D eigenvalue weighted by molar-refractivity contribution is 7.89. The van der Waals surface area contributed by atoms with Crippen molar-refractivity contribution < 1.29 is 23.2 Å². The van der Waals surface area contributed by atoms with Crippen LogP contribution >= 0.6 is 0 Å². The van der Waals surface area contributed by atoms with Gasteiger partial charge >= 0.3 is 5.97 Å². The Morgan fingerprint density at radius 2 is 2.00 bits per heavy atom. The van der Waals surface area contributed by atoms with Gasteiger partial charge in [0.15, 0.2) is 0 Å². The van der Waals surface area contributed by atoms with Crippen LogP contribution in [0.25, 0.3) is 0 Å². The number of carboxylic acids is 1. The summed E-state index contributed by atoms with van der Waals surface area (Å²) in [7, 11) is -3.25. The third-order valence-electron chi connectivity index (χ3n) is 5.02. The summed E-state index contributed by atoms with van der Waals surface area (Å²) in [6.45, 7) is 4.03. The van der Waals surface area contributed by atoms with E-state index >= 15 is 0 Å². The number of rotatable bonds is 8. The summed E-state index contributed by atoms with van der Waals surface area (Å²) in [6, 6.07) is 4.68. The summed E-state index contributed by atoms with van der Waals surface area (Å²) in [6.07, 6.45) is 1.06. The Bertz CT molecular complexity index is 803. The molecule has 1 saturated heterocycles. The summed E-state index contributed by atoms with van der Waals surface area (Å²) in [4.78, 5) is 23.8. The molecule has 27 heavy (non-hydrogen) atoms. The number of sulfonamides is 1. The minimum absolute atomic E-state index is 0.00614. The minimum atomic E-state index is -3.25. The molecule has 1 N–H and O–H groups in total. The first kappa shape index (κ1) is 21.3. The van der Waals surface area contributed by atoms with Crippen LogP contribution in [0.1, 0.15) is 30.9 Å². The van der Waals surface area contributed by atoms with E-state index in [0.717, 1.165) is 0 Å². The molecule has 0 aliphatic carbocycles. The molecule has 10 heteroatoms. The molecule has 1 aliphatic heterocycles. The first-order valence-corrected chi connectivity index (χ1v) is 10.4. The molecule has 1 fully saturated rings. The zero-order valence-electron chi connectivity index (χ0n) is 15.5. The lowest BCUT2D eigenvalue weighted by molar-refractivity contribution is -0.385. The monoisotopic (exact) mass is 399 g/mol. The molecule has 0 bridgehead atoms. The third-order valence-corrected chi connectivity index (χ3v) is 6.91. The second-order valence-corrected chi connectivity index (χ2v) is 8.91. The van der Waals surface area contributed by atoms with Gasteiger partial charge in [0.2, 0.25) is 10.0 Å². The predicted octanol–water partition coefficient (Wildman–Crippen LogP) is 1.60. The zero-order chi connectivity index (χ0) is 20.2. The lowest BCUT2D eigenvalue weighted by atomic mass is 10.0. The quantitative estimate of drug-likeness (QED) is 0.520. The second-order valence-electron chi connectivity index (χ2n) is 6.65. The van der Waals surface area contributed by atoms with Gasteiger partial charge in [-0.3, -0.25) is 19.8 Å². The van der Waals surface area contributed by atoms with Gasteiger partial charge in [0.25, 0.3) is 5.69 Å². The van der Waals surface area contributed by atoms with Crippen LogP contribution in [0, 0.1) is 17.0 Å². The molecule has 9 nitrogen and oxygen atoms in total. The largest absolute Gasteiger partial charge is 0.480 e. The van der Waals surface area contributed by atoms with Crippen LogP contribution in [-0.4, -0.2) is 65.1 Å². The number of carbonyl (C=O) groups is 1. The Morgan fingerprint density at radius 3 is 2.52 bits per heavy atom. The van der Waals surface area contributed by atoms with E-state index in [1.165, 1.54) is 10.4 Å². The standard InChI is InChI=1S/C17H25N3O6S/c1-3-27(25,26)19-9-7-15(8-10-19)18(12-17(21)22)11-14-5-4-6-16(13(14)2)20(23)24/h4-6,15H,3,7-12H2,1-2H3,(H,21,22). The first-order chi connectivity index (χ1) is 12.7. The van der Waals surface area contributed by atoms with Crippen LogP contribution in [-0.2, 0) is 21.4 Å². The third kappa shape index (κ3) is 5.24. The molecule has 1 aromatic carbocycles. The van der Waals surface area contributed by atoms with Crippen molar-refractivity contribution in [3.63, 3.8) is 0 Å². The maximum atomic E-state index is 12.0. The van der Waals surface area contributed by atoms with Crippen LogP contribution in [0.4, 0.5) is 5.69 Å². The van der Waals surface area contributed by atoms with Gasteiger partial charge in [-0.1, -0.05) is 12.1 Å². The summed E-state index contributed by atoms with van der Waals surface area (Å²) in [5, 5.41) is 20.4. The smallest absolute Gasteiger partial charge is 0.317 e. The number of nitrogens with zero attached hydrogens (tertiary/aromatic N) is 3. The van der Waals surface area contributed by atoms with Gasteiger partial charge in [-0.15, -0.1) is 0 Å². The lowest BCUT2D eigenvalue weighted by Gasteiger charge is -2.37. The molecular formula is C17H25N3O6S. The number of nitro benzene ring substituents is 1. The second kappa shape index (κ2) is 8.77. The topological polar surface area (TPSA) is 121 Å². The average molecular weight is 399 g/mol. The molecule has 2 rings (SSSR count). The highest BCUT2D eigenvalue weighted by atomic mass is 32.2. The molecule has 0 amide bonds. The van der Waals surface area contributed by atoms with Gasteiger partial charge in [0.1, 0.15) is 0 Å². The number of hydrogen-bond donors (Lipinski definition) is 1. The van der Waals surface area contributed by atoms with Gasteiger partial charge in [-0.25, -0.2) is 12.7 Å². The molecule has 0 atom stereocenters. The SMILES string of the molecule is CCS(=O)(=O)N1CCC(N(CC(=O)O)Cc2cccc([N+](=O)[O-])c2C)CC1. The highest BCUT2D eigenvalue weighted by Crippen LogP contribution is 2.25. The van der Waals surface area contributed by atoms with Crippen molar-refractivity contribution in [3.8, 4) is 0 Å². The number of aliphatic carboxylic acids is 1. The number of nitro groups is 1. The van der Waals surface area contributed by atoms with E-state index in [2.05, 4.69) is 0 Å². The fourth-order valence-corrected chi connectivity index (χ4v) is 4.55. The molecule has 0 spiro atoms.